The summed E-state index contributed by atoms with van der Waals surface area (Å²) in [4.78, 5) is 23.6. The van der Waals surface area contributed by atoms with Crippen LogP contribution in [0, 0.1) is 6.92 Å². The SMILES string of the molecule is Cc1nc2c(c(NC(Cc3ccccc3)C(=O)N(C)C)n1)CCCC2. The Bertz CT molecular complexity index is 743. The molecule has 1 amide bonds. The minimum atomic E-state index is -0.335. The fourth-order valence-corrected chi connectivity index (χ4v) is 3.36. The van der Waals surface area contributed by atoms with Gasteiger partial charge in [0.2, 0.25) is 5.91 Å². The van der Waals surface area contributed by atoms with Crippen LogP contribution in [-0.2, 0) is 24.1 Å². The summed E-state index contributed by atoms with van der Waals surface area (Å²) in [5.74, 6) is 1.65. The van der Waals surface area contributed by atoms with Crippen molar-refractivity contribution in [2.45, 2.75) is 45.1 Å². The molecule has 2 aromatic rings. The normalized spacial score (nSPS) is 14.5. The summed E-state index contributed by atoms with van der Waals surface area (Å²) < 4.78 is 0. The third kappa shape index (κ3) is 4.16. The first kappa shape index (κ1) is 17.4. The minimum absolute atomic E-state index is 0.0599. The quantitative estimate of drug-likeness (QED) is 0.911. The number of hydrogen-bond acceptors (Lipinski definition) is 4. The number of hydrogen-bond donors (Lipinski definition) is 1. The van der Waals surface area contributed by atoms with Crippen molar-refractivity contribution in [2.24, 2.45) is 0 Å². The summed E-state index contributed by atoms with van der Waals surface area (Å²) in [7, 11) is 3.59. The molecule has 0 aliphatic heterocycles. The zero-order valence-corrected chi connectivity index (χ0v) is 15.2. The Morgan fingerprint density at radius 2 is 1.88 bits per heavy atom. The van der Waals surface area contributed by atoms with Gasteiger partial charge in [0.15, 0.2) is 0 Å². The van der Waals surface area contributed by atoms with Crippen LogP contribution in [0.2, 0.25) is 0 Å². The second kappa shape index (κ2) is 7.64. The lowest BCUT2D eigenvalue weighted by Crippen LogP contribution is -2.41. The first-order chi connectivity index (χ1) is 12.0. The van der Waals surface area contributed by atoms with E-state index in [0.29, 0.717) is 6.42 Å². The van der Waals surface area contributed by atoms with E-state index in [1.54, 1.807) is 19.0 Å². The molecule has 0 radical (unpaired) electrons. The van der Waals surface area contributed by atoms with Crippen molar-refractivity contribution < 1.29 is 4.79 Å². The molecular formula is C20H26N4O. The zero-order valence-electron chi connectivity index (χ0n) is 15.2. The van der Waals surface area contributed by atoms with Gasteiger partial charge in [0, 0.05) is 31.8 Å². The van der Waals surface area contributed by atoms with Crippen LogP contribution in [0.3, 0.4) is 0 Å². The number of benzene rings is 1. The van der Waals surface area contributed by atoms with E-state index in [0.717, 1.165) is 42.2 Å². The minimum Gasteiger partial charge on any atom is -0.358 e. The average Bonchev–Trinajstić information content (AvgIpc) is 2.61. The molecule has 0 spiro atoms. The van der Waals surface area contributed by atoms with Gasteiger partial charge in [-0.1, -0.05) is 30.3 Å². The largest absolute Gasteiger partial charge is 0.358 e. The Morgan fingerprint density at radius 1 is 1.16 bits per heavy atom. The Morgan fingerprint density at radius 3 is 2.60 bits per heavy atom. The molecule has 132 valence electrons. The molecule has 3 rings (SSSR count). The molecule has 0 fully saturated rings. The number of likely N-dealkylation sites (N-methyl/N-ethyl adjacent to an activating group) is 1. The topological polar surface area (TPSA) is 58.1 Å². The third-order valence-electron chi connectivity index (χ3n) is 4.63. The molecular weight excluding hydrogens is 312 g/mol. The van der Waals surface area contributed by atoms with Crippen molar-refractivity contribution in [2.75, 3.05) is 19.4 Å². The zero-order chi connectivity index (χ0) is 17.8. The predicted molar refractivity (Wildman–Crippen MR) is 99.7 cm³/mol. The highest BCUT2D eigenvalue weighted by atomic mass is 16.2. The van der Waals surface area contributed by atoms with Gasteiger partial charge in [-0.25, -0.2) is 9.97 Å². The Labute approximate surface area is 149 Å². The maximum absolute atomic E-state index is 12.7. The fourth-order valence-electron chi connectivity index (χ4n) is 3.36. The van der Waals surface area contributed by atoms with Crippen LogP contribution < -0.4 is 5.32 Å². The Balaban J connectivity index is 1.90. The number of anilines is 1. The number of fused-ring (bicyclic) bond motifs is 1. The molecule has 5 heteroatoms. The molecule has 1 N–H and O–H groups in total. The van der Waals surface area contributed by atoms with E-state index in [1.807, 2.05) is 25.1 Å². The van der Waals surface area contributed by atoms with Gasteiger partial charge in [-0.15, -0.1) is 0 Å². The van der Waals surface area contributed by atoms with Gasteiger partial charge in [0.1, 0.15) is 17.7 Å². The number of carbonyl (C=O) groups is 1. The van der Waals surface area contributed by atoms with Gasteiger partial charge in [0.25, 0.3) is 0 Å². The lowest BCUT2D eigenvalue weighted by Gasteiger charge is -2.25. The first-order valence-electron chi connectivity index (χ1n) is 8.92. The van der Waals surface area contributed by atoms with Crippen molar-refractivity contribution in [1.29, 1.82) is 0 Å². The first-order valence-corrected chi connectivity index (χ1v) is 8.92. The standard InChI is InChI=1S/C20H26N4O/c1-14-21-17-12-8-7-11-16(17)19(22-14)23-18(20(25)24(2)3)13-15-9-5-4-6-10-15/h4-6,9-10,18H,7-8,11-13H2,1-3H3,(H,21,22,23). The number of nitrogens with one attached hydrogen (secondary N) is 1. The van der Waals surface area contributed by atoms with Crippen molar-refractivity contribution in [1.82, 2.24) is 14.9 Å². The number of rotatable bonds is 5. The maximum atomic E-state index is 12.7. The summed E-state index contributed by atoms with van der Waals surface area (Å²) >= 11 is 0. The van der Waals surface area contributed by atoms with Gasteiger partial charge in [-0.05, 0) is 38.2 Å². The summed E-state index contributed by atoms with van der Waals surface area (Å²) in [6.45, 7) is 1.92. The molecule has 1 aliphatic carbocycles. The van der Waals surface area contributed by atoms with Crippen LogP contribution in [0.4, 0.5) is 5.82 Å². The van der Waals surface area contributed by atoms with Gasteiger partial charge in [-0.3, -0.25) is 4.79 Å². The van der Waals surface area contributed by atoms with Crippen LogP contribution in [0.15, 0.2) is 30.3 Å². The molecule has 0 saturated carbocycles. The highest BCUT2D eigenvalue weighted by molar-refractivity contribution is 5.84. The molecule has 1 atom stereocenters. The molecule has 25 heavy (non-hydrogen) atoms. The molecule has 5 nitrogen and oxygen atoms in total. The van der Waals surface area contributed by atoms with E-state index in [2.05, 4.69) is 27.4 Å². The molecule has 1 aliphatic rings. The van der Waals surface area contributed by atoms with E-state index in [4.69, 9.17) is 0 Å². The Hall–Kier alpha value is -2.43. The predicted octanol–water partition coefficient (Wildman–Crippen LogP) is 2.78. The average molecular weight is 338 g/mol. The van der Waals surface area contributed by atoms with Gasteiger partial charge < -0.3 is 10.2 Å². The number of nitrogens with zero attached hydrogens (tertiary/aromatic N) is 3. The number of amides is 1. The van der Waals surface area contributed by atoms with Crippen molar-refractivity contribution in [3.05, 3.63) is 53.0 Å². The third-order valence-corrected chi connectivity index (χ3v) is 4.63. The Kier molecular flexibility index (Phi) is 5.31. The van der Waals surface area contributed by atoms with Crippen molar-refractivity contribution >= 4 is 11.7 Å². The molecule has 1 aromatic carbocycles. The van der Waals surface area contributed by atoms with Crippen molar-refractivity contribution in [3.63, 3.8) is 0 Å². The molecule has 1 unspecified atom stereocenters. The summed E-state index contributed by atoms with van der Waals surface area (Å²) in [6, 6.07) is 9.77. The van der Waals surface area contributed by atoms with Crippen molar-refractivity contribution in [3.8, 4) is 0 Å². The second-order valence-electron chi connectivity index (χ2n) is 6.87. The van der Waals surface area contributed by atoms with Crippen LogP contribution >= 0.6 is 0 Å². The fraction of sp³-hybridized carbons (Fsp3) is 0.450. The second-order valence-corrected chi connectivity index (χ2v) is 6.87. The molecule has 1 heterocycles. The summed E-state index contributed by atoms with van der Waals surface area (Å²) in [5.41, 5.74) is 3.45. The van der Waals surface area contributed by atoms with E-state index in [-0.39, 0.29) is 11.9 Å². The highest BCUT2D eigenvalue weighted by Gasteiger charge is 2.24. The number of carbonyl (C=O) groups excluding carboxylic acids is 1. The van der Waals surface area contributed by atoms with Gasteiger partial charge in [0.05, 0.1) is 0 Å². The van der Waals surface area contributed by atoms with E-state index >= 15 is 0 Å². The monoisotopic (exact) mass is 338 g/mol. The maximum Gasteiger partial charge on any atom is 0.244 e. The van der Waals surface area contributed by atoms with Crippen LogP contribution in [0.25, 0.3) is 0 Å². The summed E-state index contributed by atoms with van der Waals surface area (Å²) in [6.07, 6.45) is 4.94. The highest BCUT2D eigenvalue weighted by Crippen LogP contribution is 2.26. The lowest BCUT2D eigenvalue weighted by molar-refractivity contribution is -0.129. The molecule has 1 aromatic heterocycles. The molecule has 0 saturated heterocycles. The van der Waals surface area contributed by atoms with Gasteiger partial charge >= 0.3 is 0 Å². The number of aromatic nitrogens is 2. The van der Waals surface area contributed by atoms with E-state index < -0.39 is 0 Å². The summed E-state index contributed by atoms with van der Waals surface area (Å²) in [5, 5.41) is 3.44. The lowest BCUT2D eigenvalue weighted by atomic mass is 9.95. The van der Waals surface area contributed by atoms with Crippen LogP contribution in [0.5, 0.6) is 0 Å². The number of aryl methyl sites for hydroxylation is 2. The molecule has 0 bridgehead atoms. The smallest absolute Gasteiger partial charge is 0.244 e. The van der Waals surface area contributed by atoms with E-state index in [9.17, 15) is 4.79 Å². The van der Waals surface area contributed by atoms with Crippen LogP contribution in [0.1, 0.15) is 35.5 Å². The van der Waals surface area contributed by atoms with Gasteiger partial charge in [-0.2, -0.15) is 0 Å². The van der Waals surface area contributed by atoms with Crippen LogP contribution in [-0.4, -0.2) is 40.9 Å². The van der Waals surface area contributed by atoms with E-state index in [1.165, 1.54) is 12.0 Å².